The van der Waals surface area contributed by atoms with E-state index < -0.39 is 0 Å². The van der Waals surface area contributed by atoms with E-state index in [0.717, 1.165) is 22.3 Å². The molecule has 5 rings (SSSR count). The first-order valence-corrected chi connectivity index (χ1v) is 12.1. The Morgan fingerprint density at radius 2 is 1.75 bits per heavy atom. The predicted octanol–water partition coefficient (Wildman–Crippen LogP) is 5.29. The molecule has 186 valence electrons. The van der Waals surface area contributed by atoms with Gasteiger partial charge in [-0.2, -0.15) is 5.10 Å². The first kappa shape index (κ1) is 23.7. The van der Waals surface area contributed by atoms with E-state index in [4.69, 9.17) is 19.2 Å². The molecule has 2 aromatic carbocycles. The molecule has 0 saturated carbocycles. The smallest absolute Gasteiger partial charge is 0.254 e. The molecular formula is C28H30N4O4. The number of methoxy groups -OCH3 is 1. The molecule has 36 heavy (non-hydrogen) atoms. The third-order valence-corrected chi connectivity index (χ3v) is 6.62. The number of aromatic nitrogens is 3. The second-order valence-corrected chi connectivity index (χ2v) is 9.20. The van der Waals surface area contributed by atoms with Crippen molar-refractivity contribution in [3.05, 3.63) is 65.9 Å². The van der Waals surface area contributed by atoms with Gasteiger partial charge in [0.1, 0.15) is 19.0 Å². The van der Waals surface area contributed by atoms with Crippen LogP contribution in [0.1, 0.15) is 48.8 Å². The van der Waals surface area contributed by atoms with Crippen LogP contribution in [-0.2, 0) is 0 Å². The zero-order valence-corrected chi connectivity index (χ0v) is 21.2. The highest BCUT2D eigenvalue weighted by Crippen LogP contribution is 2.36. The molecular weight excluding hydrogens is 456 g/mol. The number of nitrogens with zero attached hydrogens (tertiary/aromatic N) is 4. The largest absolute Gasteiger partial charge is 0.497 e. The molecule has 0 radical (unpaired) electrons. The molecule has 0 fully saturated rings. The van der Waals surface area contributed by atoms with Crippen LogP contribution < -0.4 is 14.2 Å². The minimum absolute atomic E-state index is 0.0874. The summed E-state index contributed by atoms with van der Waals surface area (Å²) in [5, 5.41) is 5.27. The van der Waals surface area contributed by atoms with Gasteiger partial charge in [-0.15, -0.1) is 0 Å². The van der Waals surface area contributed by atoms with Gasteiger partial charge in [-0.25, -0.2) is 9.67 Å². The van der Waals surface area contributed by atoms with Crippen LogP contribution in [0.25, 0.3) is 22.3 Å². The second-order valence-electron chi connectivity index (χ2n) is 9.20. The molecule has 0 saturated heterocycles. The fourth-order valence-corrected chi connectivity index (χ4v) is 4.40. The van der Waals surface area contributed by atoms with Gasteiger partial charge in [0, 0.05) is 18.7 Å². The Labute approximate surface area is 210 Å². The highest BCUT2D eigenvalue weighted by molar-refractivity contribution is 6.06. The number of amides is 1. The number of hydrogen-bond acceptors (Lipinski definition) is 6. The zero-order chi connectivity index (χ0) is 25.4. The van der Waals surface area contributed by atoms with Gasteiger partial charge in [0.25, 0.3) is 5.91 Å². The van der Waals surface area contributed by atoms with Gasteiger partial charge in [-0.1, -0.05) is 12.1 Å². The maximum absolute atomic E-state index is 13.9. The van der Waals surface area contributed by atoms with E-state index in [1.54, 1.807) is 18.2 Å². The number of carbonyl (C=O) groups is 1. The predicted molar refractivity (Wildman–Crippen MR) is 138 cm³/mol. The van der Waals surface area contributed by atoms with Crippen molar-refractivity contribution >= 4 is 16.9 Å². The van der Waals surface area contributed by atoms with E-state index in [9.17, 15) is 4.79 Å². The molecule has 1 aliphatic rings. The fourth-order valence-electron chi connectivity index (χ4n) is 4.40. The summed E-state index contributed by atoms with van der Waals surface area (Å²) in [6.45, 7) is 7.13. The van der Waals surface area contributed by atoms with Crippen LogP contribution in [0.15, 0.2) is 54.7 Å². The topological polar surface area (TPSA) is 78.7 Å². The summed E-state index contributed by atoms with van der Waals surface area (Å²) >= 11 is 0. The van der Waals surface area contributed by atoms with Crippen molar-refractivity contribution in [1.29, 1.82) is 0 Å². The van der Waals surface area contributed by atoms with E-state index >= 15 is 0 Å². The van der Waals surface area contributed by atoms with E-state index in [0.29, 0.717) is 41.6 Å². The van der Waals surface area contributed by atoms with Gasteiger partial charge in [0.05, 0.1) is 36.0 Å². The molecule has 3 heterocycles. The lowest BCUT2D eigenvalue weighted by Gasteiger charge is -2.26. The van der Waals surface area contributed by atoms with E-state index in [1.165, 1.54) is 0 Å². The lowest BCUT2D eigenvalue weighted by molar-refractivity contribution is 0.0744. The molecule has 1 unspecified atom stereocenters. The molecule has 0 N–H and O–H groups in total. The summed E-state index contributed by atoms with van der Waals surface area (Å²) in [5.41, 5.74) is 3.76. The Morgan fingerprint density at radius 3 is 2.44 bits per heavy atom. The average molecular weight is 487 g/mol. The molecule has 0 bridgehead atoms. The number of hydrogen-bond donors (Lipinski definition) is 0. The molecule has 1 atom stereocenters. The van der Waals surface area contributed by atoms with Crippen LogP contribution >= 0.6 is 0 Å². The molecule has 4 aromatic rings. The summed E-state index contributed by atoms with van der Waals surface area (Å²) in [5.74, 6) is 2.06. The highest BCUT2D eigenvalue weighted by Gasteiger charge is 2.25. The monoisotopic (exact) mass is 486 g/mol. The standard InChI is InChI=1S/C28H30N4O4/c1-17(2)32-27-23(16-29-32)22(28(33)31(4)18(3)19-6-9-21(34-5)10-7-19)15-24(30-27)20-8-11-25-26(14-20)36-13-12-35-25/h6-11,14-18H,12-13H2,1-5H3. The Kier molecular flexibility index (Phi) is 6.26. The molecule has 8 heteroatoms. The summed E-state index contributed by atoms with van der Waals surface area (Å²) in [4.78, 5) is 20.6. The van der Waals surface area contributed by atoms with E-state index in [2.05, 4.69) is 5.10 Å². The number of carbonyl (C=O) groups excluding carboxylic acids is 1. The van der Waals surface area contributed by atoms with Crippen molar-refractivity contribution in [1.82, 2.24) is 19.7 Å². The van der Waals surface area contributed by atoms with Crippen molar-refractivity contribution in [3.8, 4) is 28.5 Å². The highest BCUT2D eigenvalue weighted by atomic mass is 16.6. The van der Waals surface area contributed by atoms with Crippen molar-refractivity contribution in [2.45, 2.75) is 32.9 Å². The van der Waals surface area contributed by atoms with Gasteiger partial charge in [-0.05, 0) is 62.7 Å². The van der Waals surface area contributed by atoms with Crippen molar-refractivity contribution in [2.75, 3.05) is 27.4 Å². The maximum Gasteiger partial charge on any atom is 0.254 e. The van der Waals surface area contributed by atoms with Gasteiger partial charge in [0.15, 0.2) is 17.1 Å². The third-order valence-electron chi connectivity index (χ3n) is 6.62. The Bertz CT molecular complexity index is 1410. The molecule has 8 nitrogen and oxygen atoms in total. The SMILES string of the molecule is COc1ccc(C(C)N(C)C(=O)c2cc(-c3ccc4c(c3)OCCO4)nc3c2cnn3C(C)C)cc1. The quantitative estimate of drug-likeness (QED) is 0.368. The summed E-state index contributed by atoms with van der Waals surface area (Å²) < 4.78 is 18.6. The van der Waals surface area contributed by atoms with Crippen LogP contribution in [0.3, 0.4) is 0 Å². The minimum atomic E-state index is -0.149. The second kappa shape index (κ2) is 9.53. The molecule has 1 amide bonds. The molecule has 0 spiro atoms. The molecule has 2 aromatic heterocycles. The van der Waals surface area contributed by atoms with Gasteiger partial charge in [-0.3, -0.25) is 4.79 Å². The minimum Gasteiger partial charge on any atom is -0.497 e. The molecule has 0 aliphatic carbocycles. The first-order chi connectivity index (χ1) is 17.4. The normalized spacial score (nSPS) is 13.6. The zero-order valence-electron chi connectivity index (χ0n) is 21.2. The van der Waals surface area contributed by atoms with E-state index in [1.807, 2.05) is 81.0 Å². The third kappa shape index (κ3) is 4.23. The van der Waals surface area contributed by atoms with E-state index in [-0.39, 0.29) is 18.0 Å². The van der Waals surface area contributed by atoms with Crippen molar-refractivity contribution in [3.63, 3.8) is 0 Å². The Balaban J connectivity index is 1.58. The van der Waals surface area contributed by atoms with Crippen LogP contribution in [0.5, 0.6) is 17.2 Å². The number of fused-ring (bicyclic) bond motifs is 2. The lowest BCUT2D eigenvalue weighted by Crippen LogP contribution is -2.30. The summed E-state index contributed by atoms with van der Waals surface area (Å²) in [6, 6.07) is 15.3. The average Bonchev–Trinajstić information content (AvgIpc) is 3.35. The number of ether oxygens (including phenoxy) is 3. The number of pyridine rings is 1. The summed E-state index contributed by atoms with van der Waals surface area (Å²) in [7, 11) is 3.46. The van der Waals surface area contributed by atoms with Crippen LogP contribution in [-0.4, -0.2) is 52.9 Å². The van der Waals surface area contributed by atoms with Gasteiger partial charge >= 0.3 is 0 Å². The number of benzene rings is 2. The number of rotatable bonds is 6. The van der Waals surface area contributed by atoms with Crippen molar-refractivity contribution in [2.24, 2.45) is 0 Å². The Hall–Kier alpha value is -4.07. The maximum atomic E-state index is 13.9. The Morgan fingerprint density at radius 1 is 1.03 bits per heavy atom. The van der Waals surface area contributed by atoms with Gasteiger partial charge < -0.3 is 19.1 Å². The van der Waals surface area contributed by atoms with Crippen LogP contribution in [0.4, 0.5) is 0 Å². The van der Waals surface area contributed by atoms with Crippen LogP contribution in [0.2, 0.25) is 0 Å². The van der Waals surface area contributed by atoms with Crippen LogP contribution in [0, 0.1) is 0 Å². The van der Waals surface area contributed by atoms with Crippen molar-refractivity contribution < 1.29 is 19.0 Å². The molecule has 1 aliphatic heterocycles. The fraction of sp³-hybridized carbons (Fsp3) is 0.321. The van der Waals surface area contributed by atoms with Gasteiger partial charge in [0.2, 0.25) is 0 Å². The summed E-state index contributed by atoms with van der Waals surface area (Å²) in [6.07, 6.45) is 1.73. The lowest BCUT2D eigenvalue weighted by atomic mass is 10.0. The first-order valence-electron chi connectivity index (χ1n) is 12.1.